The van der Waals surface area contributed by atoms with Crippen molar-refractivity contribution >= 4 is 5.91 Å². The zero-order valence-electron chi connectivity index (χ0n) is 13.8. The number of carbonyl (C=O) groups excluding carboxylic acids is 1. The van der Waals surface area contributed by atoms with Crippen molar-refractivity contribution in [1.29, 1.82) is 0 Å². The second-order valence-corrected chi connectivity index (χ2v) is 7.46. The van der Waals surface area contributed by atoms with Crippen molar-refractivity contribution in [2.24, 2.45) is 5.92 Å². The normalized spacial score (nSPS) is 27.1. The second-order valence-electron chi connectivity index (χ2n) is 7.46. The standard InChI is InChI=1S/C19H28N2O/c1-13(2)9-14-3-5-15(6-4-14)10-19(22)21-18-11-16-7-8-17(12-18)20-16/h3-6,13,16-18,20H,7-12H2,1-2H3,(H,21,22). The third-order valence-corrected chi connectivity index (χ3v) is 4.87. The summed E-state index contributed by atoms with van der Waals surface area (Å²) in [6.07, 6.45) is 6.33. The minimum absolute atomic E-state index is 0.169. The number of nitrogens with one attached hydrogen (secondary N) is 2. The Morgan fingerprint density at radius 1 is 1.14 bits per heavy atom. The van der Waals surface area contributed by atoms with Gasteiger partial charge in [-0.05, 0) is 49.1 Å². The van der Waals surface area contributed by atoms with Crippen LogP contribution >= 0.6 is 0 Å². The average molecular weight is 300 g/mol. The number of amides is 1. The fraction of sp³-hybridized carbons (Fsp3) is 0.632. The first kappa shape index (κ1) is 15.5. The maximum absolute atomic E-state index is 12.2. The van der Waals surface area contributed by atoms with Crippen LogP contribution in [0, 0.1) is 5.92 Å². The predicted octanol–water partition coefficient (Wildman–Crippen LogP) is 2.83. The Labute approximate surface area is 133 Å². The Morgan fingerprint density at radius 3 is 2.32 bits per heavy atom. The molecule has 2 N–H and O–H groups in total. The van der Waals surface area contributed by atoms with Gasteiger partial charge in [0.05, 0.1) is 6.42 Å². The van der Waals surface area contributed by atoms with E-state index in [0.29, 0.717) is 30.5 Å². The van der Waals surface area contributed by atoms with E-state index in [1.165, 1.54) is 18.4 Å². The molecule has 2 bridgehead atoms. The highest BCUT2D eigenvalue weighted by Crippen LogP contribution is 2.26. The van der Waals surface area contributed by atoms with E-state index >= 15 is 0 Å². The van der Waals surface area contributed by atoms with Crippen molar-refractivity contribution in [1.82, 2.24) is 10.6 Å². The van der Waals surface area contributed by atoms with Gasteiger partial charge in [0, 0.05) is 18.1 Å². The van der Waals surface area contributed by atoms with Crippen LogP contribution in [0.4, 0.5) is 0 Å². The highest BCUT2D eigenvalue weighted by molar-refractivity contribution is 5.78. The molecule has 1 aromatic rings. The minimum atomic E-state index is 0.169. The zero-order valence-corrected chi connectivity index (χ0v) is 13.8. The van der Waals surface area contributed by atoms with Gasteiger partial charge >= 0.3 is 0 Å². The molecule has 120 valence electrons. The number of piperidine rings is 1. The van der Waals surface area contributed by atoms with Gasteiger partial charge in [0.1, 0.15) is 0 Å². The molecule has 0 spiro atoms. The molecule has 0 saturated carbocycles. The van der Waals surface area contributed by atoms with Crippen LogP contribution in [-0.2, 0) is 17.6 Å². The largest absolute Gasteiger partial charge is 0.353 e. The highest BCUT2D eigenvalue weighted by atomic mass is 16.1. The SMILES string of the molecule is CC(C)Cc1ccc(CC(=O)NC2CC3CCC(C2)N3)cc1. The highest BCUT2D eigenvalue weighted by Gasteiger charge is 2.33. The summed E-state index contributed by atoms with van der Waals surface area (Å²) in [5.74, 6) is 0.840. The van der Waals surface area contributed by atoms with E-state index in [9.17, 15) is 4.79 Å². The molecule has 22 heavy (non-hydrogen) atoms. The van der Waals surface area contributed by atoms with Crippen LogP contribution in [0.3, 0.4) is 0 Å². The summed E-state index contributed by atoms with van der Waals surface area (Å²) < 4.78 is 0. The minimum Gasteiger partial charge on any atom is -0.353 e. The molecule has 2 heterocycles. The van der Waals surface area contributed by atoms with E-state index in [4.69, 9.17) is 0 Å². The fourth-order valence-electron chi connectivity index (χ4n) is 3.90. The Balaban J connectivity index is 1.49. The average Bonchev–Trinajstić information content (AvgIpc) is 2.79. The van der Waals surface area contributed by atoms with E-state index in [1.54, 1.807) is 0 Å². The number of hydrogen-bond donors (Lipinski definition) is 2. The Kier molecular flexibility index (Phi) is 4.82. The maximum atomic E-state index is 12.2. The molecule has 2 aliphatic heterocycles. The van der Waals surface area contributed by atoms with Crippen LogP contribution in [0.25, 0.3) is 0 Å². The van der Waals surface area contributed by atoms with Gasteiger partial charge in [-0.25, -0.2) is 0 Å². The molecule has 2 fully saturated rings. The lowest BCUT2D eigenvalue weighted by molar-refractivity contribution is -0.121. The lowest BCUT2D eigenvalue weighted by atomic mass is 9.99. The van der Waals surface area contributed by atoms with Crippen LogP contribution in [0.15, 0.2) is 24.3 Å². The van der Waals surface area contributed by atoms with Gasteiger partial charge < -0.3 is 10.6 Å². The number of benzene rings is 1. The van der Waals surface area contributed by atoms with Crippen LogP contribution in [0.5, 0.6) is 0 Å². The van der Waals surface area contributed by atoms with Gasteiger partial charge in [-0.15, -0.1) is 0 Å². The van der Waals surface area contributed by atoms with Crippen molar-refractivity contribution in [3.63, 3.8) is 0 Å². The summed E-state index contributed by atoms with van der Waals surface area (Å²) >= 11 is 0. The molecular formula is C19H28N2O. The van der Waals surface area contributed by atoms with Crippen molar-refractivity contribution in [3.8, 4) is 0 Å². The van der Waals surface area contributed by atoms with Crippen LogP contribution in [-0.4, -0.2) is 24.0 Å². The molecule has 3 nitrogen and oxygen atoms in total. The molecule has 2 saturated heterocycles. The van der Waals surface area contributed by atoms with E-state index < -0.39 is 0 Å². The third kappa shape index (κ3) is 4.10. The first-order valence-electron chi connectivity index (χ1n) is 8.71. The number of rotatable bonds is 5. The molecule has 0 radical (unpaired) electrons. The van der Waals surface area contributed by atoms with Crippen molar-refractivity contribution < 1.29 is 4.79 Å². The van der Waals surface area contributed by atoms with Gasteiger partial charge in [-0.1, -0.05) is 38.1 Å². The summed E-state index contributed by atoms with van der Waals surface area (Å²) in [7, 11) is 0. The molecule has 2 aliphatic rings. The number of hydrogen-bond acceptors (Lipinski definition) is 2. The monoisotopic (exact) mass is 300 g/mol. The van der Waals surface area contributed by atoms with E-state index in [-0.39, 0.29) is 5.91 Å². The second kappa shape index (κ2) is 6.82. The lowest BCUT2D eigenvalue weighted by Crippen LogP contribution is -2.48. The molecule has 2 atom stereocenters. The maximum Gasteiger partial charge on any atom is 0.224 e. The van der Waals surface area contributed by atoms with Crippen molar-refractivity contribution in [2.45, 2.75) is 70.5 Å². The molecule has 1 aromatic carbocycles. The Bertz CT molecular complexity index is 497. The summed E-state index contributed by atoms with van der Waals surface area (Å²) in [5, 5.41) is 6.85. The Morgan fingerprint density at radius 2 is 1.73 bits per heavy atom. The quantitative estimate of drug-likeness (QED) is 0.878. The molecule has 0 aliphatic carbocycles. The topological polar surface area (TPSA) is 41.1 Å². The number of fused-ring (bicyclic) bond motifs is 2. The van der Waals surface area contributed by atoms with Crippen LogP contribution in [0.1, 0.15) is 50.7 Å². The van der Waals surface area contributed by atoms with Gasteiger partial charge in [0.25, 0.3) is 0 Å². The van der Waals surface area contributed by atoms with Crippen LogP contribution < -0.4 is 10.6 Å². The predicted molar refractivity (Wildman–Crippen MR) is 89.8 cm³/mol. The van der Waals surface area contributed by atoms with Gasteiger partial charge in [-0.2, -0.15) is 0 Å². The lowest BCUT2D eigenvalue weighted by Gasteiger charge is -2.29. The summed E-state index contributed by atoms with van der Waals surface area (Å²) in [4.78, 5) is 12.2. The zero-order chi connectivity index (χ0) is 15.5. The first-order valence-corrected chi connectivity index (χ1v) is 8.71. The summed E-state index contributed by atoms with van der Waals surface area (Å²) in [5.41, 5.74) is 2.47. The summed E-state index contributed by atoms with van der Waals surface area (Å²) in [6, 6.07) is 10.1. The van der Waals surface area contributed by atoms with E-state index in [0.717, 1.165) is 24.8 Å². The third-order valence-electron chi connectivity index (χ3n) is 4.87. The van der Waals surface area contributed by atoms with E-state index in [2.05, 4.69) is 48.7 Å². The number of carbonyl (C=O) groups is 1. The molecule has 1 amide bonds. The van der Waals surface area contributed by atoms with Gasteiger partial charge in [0.15, 0.2) is 0 Å². The van der Waals surface area contributed by atoms with Gasteiger partial charge in [-0.3, -0.25) is 4.79 Å². The van der Waals surface area contributed by atoms with Crippen molar-refractivity contribution in [2.75, 3.05) is 0 Å². The molecule has 3 heteroatoms. The molecule has 2 unspecified atom stereocenters. The van der Waals surface area contributed by atoms with E-state index in [1.807, 2.05) is 0 Å². The van der Waals surface area contributed by atoms with Crippen LogP contribution in [0.2, 0.25) is 0 Å². The molecular weight excluding hydrogens is 272 g/mol. The summed E-state index contributed by atoms with van der Waals surface area (Å²) in [6.45, 7) is 4.46. The molecule has 3 rings (SSSR count). The molecule has 0 aromatic heterocycles. The van der Waals surface area contributed by atoms with Crippen molar-refractivity contribution in [3.05, 3.63) is 35.4 Å². The van der Waals surface area contributed by atoms with Gasteiger partial charge in [0.2, 0.25) is 5.91 Å². The Hall–Kier alpha value is -1.35. The first-order chi connectivity index (χ1) is 10.6. The smallest absolute Gasteiger partial charge is 0.224 e. The fourth-order valence-corrected chi connectivity index (χ4v) is 3.90.